The van der Waals surface area contributed by atoms with Crippen LogP contribution in [0.5, 0.6) is 0 Å². The molecule has 0 aliphatic heterocycles. The Balaban J connectivity index is 0. The van der Waals surface area contributed by atoms with Gasteiger partial charge in [-0.25, -0.2) is 10.0 Å². The lowest BCUT2D eigenvalue weighted by molar-refractivity contribution is -0.132. The number of carboxylic acid groups (broad SMARTS) is 1. The average molecular weight is 138 g/mol. The minimum Gasteiger partial charge on any atom is -0.478 e. The molecule has 0 bridgehead atoms. The van der Waals surface area contributed by atoms with Crippen LogP contribution in [0.25, 0.3) is 0 Å². The molecule has 0 radical (unpaired) electrons. The van der Waals surface area contributed by atoms with Gasteiger partial charge in [0.1, 0.15) is 0 Å². The van der Waals surface area contributed by atoms with Gasteiger partial charge in [0.2, 0.25) is 0 Å². The summed E-state index contributed by atoms with van der Waals surface area (Å²) in [4.78, 5) is 9.60. The summed E-state index contributed by atoms with van der Waals surface area (Å²) in [6, 6.07) is 0. The number of nitrogens with two attached hydrogens (primary N) is 1. The second-order valence-electron chi connectivity index (χ2n) is 1.09. The van der Waals surface area contributed by atoms with Crippen LogP contribution in [0.2, 0.25) is 0 Å². The Labute approximate surface area is 52.9 Å². The van der Waals surface area contributed by atoms with Crippen molar-refractivity contribution in [3.8, 4) is 0 Å². The van der Waals surface area contributed by atoms with Crippen LogP contribution < -0.4 is 5.25 Å². The largest absolute Gasteiger partial charge is 0.478 e. The molecule has 0 spiro atoms. The van der Waals surface area contributed by atoms with Gasteiger partial charge in [-0.15, -0.1) is 0 Å². The van der Waals surface area contributed by atoms with E-state index < -0.39 is 5.97 Å². The highest BCUT2D eigenvalue weighted by Gasteiger charge is 1.90. The zero-order chi connectivity index (χ0) is 7.15. The second-order valence-corrected chi connectivity index (χ2v) is 1.09. The van der Waals surface area contributed by atoms with Gasteiger partial charge < -0.3 is 5.11 Å². The molecule has 0 aromatic heterocycles. The topological polar surface area (TPSA) is 63.3 Å². The van der Waals surface area contributed by atoms with Crippen molar-refractivity contribution < 1.29 is 9.90 Å². The first kappa shape index (κ1) is 10.4. The maximum atomic E-state index is 9.60. The molecule has 0 fully saturated rings. The Morgan fingerprint density at radius 1 is 1.75 bits per heavy atom. The van der Waals surface area contributed by atoms with E-state index in [2.05, 4.69) is 23.6 Å². The van der Waals surface area contributed by atoms with Crippen molar-refractivity contribution in [3.05, 3.63) is 12.2 Å². The van der Waals surface area contributed by atoms with E-state index in [1.54, 1.807) is 0 Å². The van der Waals surface area contributed by atoms with Gasteiger partial charge >= 0.3 is 5.97 Å². The third kappa shape index (κ3) is 9.07. The van der Waals surface area contributed by atoms with E-state index in [0.29, 0.717) is 0 Å². The fraction of sp³-hybridized carbons (Fsp3) is 0.250. The third-order valence-electron chi connectivity index (χ3n) is 0.365. The van der Waals surface area contributed by atoms with Crippen molar-refractivity contribution in [2.24, 2.45) is 5.25 Å². The summed E-state index contributed by atoms with van der Waals surface area (Å²) in [6.07, 6.45) is 0. The Hall–Kier alpha value is -0.540. The minimum atomic E-state index is -0.935. The Bertz CT molecular complexity index is 80.0. The molecular weight excluding hydrogens is 130 g/mol. The van der Waals surface area contributed by atoms with Gasteiger partial charge in [-0.2, -0.15) is 0 Å². The molecule has 0 aliphatic carbocycles. The Morgan fingerprint density at radius 3 is 1.88 bits per heavy atom. The van der Waals surface area contributed by atoms with Crippen LogP contribution in [-0.2, 0) is 4.79 Å². The monoisotopic (exact) mass is 137 g/mol. The normalized spacial score (nSPS) is 6.38. The summed E-state index contributed by atoms with van der Waals surface area (Å²) in [6.45, 7) is 4.60. The van der Waals surface area contributed by atoms with E-state index in [4.69, 9.17) is 5.11 Å². The van der Waals surface area contributed by atoms with Crippen molar-refractivity contribution in [1.82, 2.24) is 0 Å². The maximum Gasteiger partial charge on any atom is 0.330 e. The van der Waals surface area contributed by atoms with Crippen LogP contribution in [0.4, 0.5) is 0 Å². The molecule has 48 valence electrons. The van der Waals surface area contributed by atoms with Crippen LogP contribution in [-0.4, -0.2) is 11.1 Å². The van der Waals surface area contributed by atoms with Gasteiger partial charge in [0.05, 0.1) is 0 Å². The number of carboxylic acids is 1. The number of hydrogen-bond donors (Lipinski definition) is 2. The van der Waals surface area contributed by atoms with Gasteiger partial charge in [-0.05, 0) is 18.7 Å². The highest BCUT2D eigenvalue weighted by molar-refractivity contribution is 6.11. The zero-order valence-corrected chi connectivity index (χ0v) is 5.27. The van der Waals surface area contributed by atoms with Gasteiger partial charge in [-0.1, -0.05) is 6.58 Å². The zero-order valence-electron chi connectivity index (χ0n) is 4.52. The number of halogens is 1. The van der Waals surface area contributed by atoms with Crippen molar-refractivity contribution >= 4 is 17.7 Å². The lowest BCUT2D eigenvalue weighted by Crippen LogP contribution is -1.92. The average Bonchev–Trinajstić information content (AvgIpc) is 1.72. The summed E-state index contributed by atoms with van der Waals surface area (Å²) in [5.41, 5.74) is 0.176. The van der Waals surface area contributed by atoms with E-state index in [-0.39, 0.29) is 5.57 Å². The van der Waals surface area contributed by atoms with Crippen molar-refractivity contribution in [3.63, 3.8) is 0 Å². The van der Waals surface area contributed by atoms with Crippen LogP contribution in [0.3, 0.4) is 0 Å². The smallest absolute Gasteiger partial charge is 0.330 e. The maximum absolute atomic E-state index is 9.60. The molecule has 0 aliphatic rings. The Morgan fingerprint density at radius 2 is 1.88 bits per heavy atom. The van der Waals surface area contributed by atoms with Gasteiger partial charge in [-0.3, -0.25) is 0 Å². The summed E-state index contributed by atoms with van der Waals surface area (Å²) in [5.74, 6) is -0.935. The number of hydrogen-bond acceptors (Lipinski definition) is 2. The molecule has 0 unspecified atom stereocenters. The first-order valence-electron chi connectivity index (χ1n) is 1.75. The first-order chi connectivity index (χ1) is 3.64. The van der Waals surface area contributed by atoms with Crippen molar-refractivity contribution in [2.45, 2.75) is 6.92 Å². The standard InChI is InChI=1S/C4H6O2.ClH2N/c1-3(2)4(5)6;1-2/h1H2,2H3,(H,5,6);2H2. The quantitative estimate of drug-likeness (QED) is 0.414. The molecule has 0 rings (SSSR count). The van der Waals surface area contributed by atoms with E-state index in [1.165, 1.54) is 6.92 Å². The number of aliphatic carboxylic acids is 1. The van der Waals surface area contributed by atoms with Gasteiger partial charge in [0.15, 0.2) is 0 Å². The molecule has 0 amide bonds. The highest BCUT2D eigenvalue weighted by atomic mass is 35.5. The third-order valence-corrected chi connectivity index (χ3v) is 0.365. The predicted molar refractivity (Wildman–Crippen MR) is 32.5 cm³/mol. The summed E-state index contributed by atoms with van der Waals surface area (Å²) in [5, 5.41) is 11.9. The van der Waals surface area contributed by atoms with E-state index in [0.717, 1.165) is 0 Å². The predicted octanol–water partition coefficient (Wildman–Crippen LogP) is 0.746. The second kappa shape index (κ2) is 6.46. The summed E-state index contributed by atoms with van der Waals surface area (Å²) < 4.78 is 0. The van der Waals surface area contributed by atoms with E-state index in [1.807, 2.05) is 0 Å². The van der Waals surface area contributed by atoms with E-state index >= 15 is 0 Å². The molecule has 0 heterocycles. The number of rotatable bonds is 1. The van der Waals surface area contributed by atoms with Gasteiger partial charge in [0.25, 0.3) is 0 Å². The SMILES string of the molecule is C=C(C)C(=O)O.NCl. The Kier molecular flexibility index (Phi) is 8.43. The van der Waals surface area contributed by atoms with Crippen molar-refractivity contribution in [2.75, 3.05) is 0 Å². The minimum absolute atomic E-state index is 0.176. The van der Waals surface area contributed by atoms with E-state index in [9.17, 15) is 4.79 Å². The fourth-order valence-electron chi connectivity index (χ4n) is 0. The highest BCUT2D eigenvalue weighted by Crippen LogP contribution is 1.81. The van der Waals surface area contributed by atoms with Crippen LogP contribution in [0, 0.1) is 0 Å². The lowest BCUT2D eigenvalue weighted by Gasteiger charge is -1.79. The molecule has 3 nitrogen and oxygen atoms in total. The van der Waals surface area contributed by atoms with Crippen LogP contribution >= 0.6 is 11.8 Å². The number of carbonyl (C=O) groups is 1. The molecule has 0 aromatic carbocycles. The summed E-state index contributed by atoms with van der Waals surface area (Å²) >= 11 is 4.14. The molecule has 8 heavy (non-hydrogen) atoms. The molecule has 4 heteroatoms. The van der Waals surface area contributed by atoms with Crippen LogP contribution in [0.1, 0.15) is 6.92 Å². The molecule has 0 saturated carbocycles. The molecule has 0 saturated heterocycles. The molecule has 0 atom stereocenters. The molecule has 3 N–H and O–H groups in total. The fourth-order valence-corrected chi connectivity index (χ4v) is 0. The summed E-state index contributed by atoms with van der Waals surface area (Å²) in [7, 11) is 0. The van der Waals surface area contributed by atoms with Gasteiger partial charge in [0, 0.05) is 5.57 Å². The van der Waals surface area contributed by atoms with Crippen molar-refractivity contribution in [1.29, 1.82) is 0 Å². The first-order valence-corrected chi connectivity index (χ1v) is 2.19. The lowest BCUT2D eigenvalue weighted by atomic mass is 10.4. The van der Waals surface area contributed by atoms with Crippen LogP contribution in [0.15, 0.2) is 12.2 Å². The molecular formula is C4H8ClNO2. The molecule has 0 aromatic rings.